The van der Waals surface area contributed by atoms with E-state index in [1.807, 2.05) is 12.1 Å². The second-order valence-electron chi connectivity index (χ2n) is 4.07. The van der Waals surface area contributed by atoms with Crippen LogP contribution >= 0.6 is 11.8 Å². The molecule has 0 saturated heterocycles. The van der Waals surface area contributed by atoms with Crippen molar-refractivity contribution in [1.82, 2.24) is 0 Å². The van der Waals surface area contributed by atoms with Crippen LogP contribution in [0, 0.1) is 6.92 Å². The molecule has 0 saturated carbocycles. The number of aryl methyl sites for hydroxylation is 1. The third kappa shape index (κ3) is 4.09. The maximum Gasteiger partial charge on any atom is 0.126 e. The summed E-state index contributed by atoms with van der Waals surface area (Å²) in [5.74, 6) is 1.40. The number of rotatable bonds is 5. The zero-order valence-electron chi connectivity index (χ0n) is 10.2. The highest BCUT2D eigenvalue weighted by Gasteiger charge is 2.01. The fraction of sp³-hybridized carbons (Fsp3) is 0.200. The number of aliphatic hydroxyl groups is 1. The molecule has 0 unspecified atom stereocenters. The molecule has 1 atom stereocenters. The van der Waals surface area contributed by atoms with E-state index in [2.05, 4.69) is 31.2 Å². The quantitative estimate of drug-likeness (QED) is 0.831. The largest absolute Gasteiger partial charge is 0.465 e. The van der Waals surface area contributed by atoms with Crippen molar-refractivity contribution in [2.24, 2.45) is 0 Å². The highest BCUT2D eigenvalue weighted by Crippen LogP contribution is 2.19. The Kier molecular flexibility index (Phi) is 4.67. The molecule has 0 spiro atoms. The van der Waals surface area contributed by atoms with Crippen molar-refractivity contribution in [3.05, 3.63) is 60.1 Å². The topological polar surface area (TPSA) is 33.4 Å². The lowest BCUT2D eigenvalue weighted by Gasteiger charge is -2.05. The maximum atomic E-state index is 9.81. The van der Waals surface area contributed by atoms with Crippen LogP contribution in [0.2, 0.25) is 0 Å². The van der Waals surface area contributed by atoms with E-state index in [0.29, 0.717) is 5.75 Å². The molecule has 2 aromatic rings. The zero-order chi connectivity index (χ0) is 12.8. The minimum atomic E-state index is -0.471. The molecule has 0 radical (unpaired) electrons. The molecule has 1 heterocycles. The van der Waals surface area contributed by atoms with Crippen LogP contribution in [0.4, 0.5) is 0 Å². The van der Waals surface area contributed by atoms with E-state index < -0.39 is 6.10 Å². The zero-order valence-corrected chi connectivity index (χ0v) is 11.1. The minimum Gasteiger partial charge on any atom is -0.465 e. The fourth-order valence-corrected chi connectivity index (χ4v) is 2.27. The summed E-state index contributed by atoms with van der Waals surface area (Å²) < 4.78 is 5.16. The van der Waals surface area contributed by atoms with Gasteiger partial charge in [-0.25, -0.2) is 0 Å². The van der Waals surface area contributed by atoms with E-state index in [0.717, 1.165) is 5.76 Å². The molecule has 3 heteroatoms. The van der Waals surface area contributed by atoms with Crippen molar-refractivity contribution < 1.29 is 9.52 Å². The Morgan fingerprint density at radius 2 is 2.06 bits per heavy atom. The average Bonchev–Trinajstić information content (AvgIpc) is 2.89. The third-order valence-corrected chi connectivity index (χ3v) is 3.58. The van der Waals surface area contributed by atoms with E-state index in [1.54, 1.807) is 30.2 Å². The lowest BCUT2D eigenvalue weighted by Crippen LogP contribution is -2.04. The molecular formula is C15H16O2S. The predicted octanol–water partition coefficient (Wildman–Crippen LogP) is 3.75. The van der Waals surface area contributed by atoms with E-state index in [9.17, 15) is 5.11 Å². The predicted molar refractivity (Wildman–Crippen MR) is 75.7 cm³/mol. The highest BCUT2D eigenvalue weighted by molar-refractivity contribution is 7.99. The van der Waals surface area contributed by atoms with E-state index in [-0.39, 0.29) is 0 Å². The van der Waals surface area contributed by atoms with Crippen LogP contribution in [-0.4, -0.2) is 17.0 Å². The summed E-state index contributed by atoms with van der Waals surface area (Å²) in [7, 11) is 0. The number of hydrogen-bond donors (Lipinski definition) is 1. The smallest absolute Gasteiger partial charge is 0.126 e. The molecule has 2 rings (SSSR count). The lowest BCUT2D eigenvalue weighted by molar-refractivity contribution is 0.249. The normalized spacial score (nSPS) is 13.0. The first-order valence-corrected chi connectivity index (χ1v) is 6.82. The summed E-state index contributed by atoms with van der Waals surface area (Å²) in [6.45, 7) is 2.06. The van der Waals surface area contributed by atoms with E-state index >= 15 is 0 Å². The fourth-order valence-electron chi connectivity index (χ4n) is 1.46. The van der Waals surface area contributed by atoms with Crippen LogP contribution in [0.25, 0.3) is 6.08 Å². The van der Waals surface area contributed by atoms with Crippen LogP contribution in [-0.2, 0) is 0 Å². The van der Waals surface area contributed by atoms with Gasteiger partial charge >= 0.3 is 0 Å². The molecule has 0 bridgehead atoms. The van der Waals surface area contributed by atoms with Gasteiger partial charge in [0, 0.05) is 10.6 Å². The van der Waals surface area contributed by atoms with Gasteiger partial charge in [-0.2, -0.15) is 0 Å². The summed E-state index contributed by atoms with van der Waals surface area (Å²) in [5.41, 5.74) is 1.25. The van der Waals surface area contributed by atoms with Crippen LogP contribution in [0.5, 0.6) is 0 Å². The number of thioether (sulfide) groups is 1. The van der Waals surface area contributed by atoms with Gasteiger partial charge in [-0.3, -0.25) is 0 Å². The summed E-state index contributed by atoms with van der Waals surface area (Å²) in [6, 6.07) is 12.0. The van der Waals surface area contributed by atoms with Crippen LogP contribution in [0.3, 0.4) is 0 Å². The van der Waals surface area contributed by atoms with Crippen molar-refractivity contribution in [3.63, 3.8) is 0 Å². The Morgan fingerprint density at radius 1 is 1.28 bits per heavy atom. The van der Waals surface area contributed by atoms with Crippen molar-refractivity contribution in [1.29, 1.82) is 0 Å². The SMILES string of the molecule is Cc1ccc(SC[C@@H](O)/C=C/c2ccco2)cc1. The number of furan rings is 1. The highest BCUT2D eigenvalue weighted by atomic mass is 32.2. The monoisotopic (exact) mass is 260 g/mol. The number of benzene rings is 1. The Hall–Kier alpha value is -1.45. The van der Waals surface area contributed by atoms with Gasteiger partial charge in [-0.05, 0) is 37.3 Å². The Labute approximate surface area is 111 Å². The van der Waals surface area contributed by atoms with Crippen LogP contribution < -0.4 is 0 Å². The summed E-state index contributed by atoms with van der Waals surface area (Å²) in [4.78, 5) is 1.17. The number of hydrogen-bond acceptors (Lipinski definition) is 3. The number of aliphatic hydroxyl groups excluding tert-OH is 1. The molecule has 2 nitrogen and oxygen atoms in total. The molecule has 1 aromatic carbocycles. The van der Waals surface area contributed by atoms with E-state index in [4.69, 9.17) is 4.42 Å². The molecule has 1 N–H and O–H groups in total. The Bertz CT molecular complexity index is 486. The van der Waals surface area contributed by atoms with Gasteiger partial charge < -0.3 is 9.52 Å². The van der Waals surface area contributed by atoms with Gasteiger partial charge in [0.05, 0.1) is 12.4 Å². The van der Waals surface area contributed by atoms with Crippen molar-refractivity contribution in [3.8, 4) is 0 Å². The van der Waals surface area contributed by atoms with Gasteiger partial charge in [-0.1, -0.05) is 23.8 Å². The molecule has 94 valence electrons. The lowest BCUT2D eigenvalue weighted by atomic mass is 10.2. The first kappa shape index (κ1) is 13.0. The second-order valence-corrected chi connectivity index (χ2v) is 5.16. The molecule has 1 aromatic heterocycles. The molecule has 0 aliphatic carbocycles. The Morgan fingerprint density at radius 3 is 2.72 bits per heavy atom. The Balaban J connectivity index is 1.81. The van der Waals surface area contributed by atoms with Gasteiger partial charge in [-0.15, -0.1) is 11.8 Å². The van der Waals surface area contributed by atoms with Gasteiger partial charge in [0.2, 0.25) is 0 Å². The van der Waals surface area contributed by atoms with Crippen molar-refractivity contribution in [2.45, 2.75) is 17.9 Å². The van der Waals surface area contributed by atoms with Gasteiger partial charge in [0.1, 0.15) is 5.76 Å². The van der Waals surface area contributed by atoms with Crippen molar-refractivity contribution >= 4 is 17.8 Å². The van der Waals surface area contributed by atoms with Crippen LogP contribution in [0.15, 0.2) is 58.1 Å². The average molecular weight is 260 g/mol. The molecule has 0 aliphatic heterocycles. The second kappa shape index (κ2) is 6.47. The first-order chi connectivity index (χ1) is 8.74. The van der Waals surface area contributed by atoms with Crippen LogP contribution in [0.1, 0.15) is 11.3 Å². The summed E-state index contributed by atoms with van der Waals surface area (Å²) in [5, 5.41) is 9.81. The minimum absolute atomic E-state index is 0.471. The standard InChI is InChI=1S/C15H16O2S/c1-12-4-8-15(9-5-12)18-11-13(16)6-7-14-3-2-10-17-14/h2-10,13,16H,11H2,1H3/b7-6+/t13-/m0/s1. The first-order valence-electron chi connectivity index (χ1n) is 5.83. The third-order valence-electron chi connectivity index (χ3n) is 2.47. The molecular weight excluding hydrogens is 244 g/mol. The molecule has 0 amide bonds. The molecule has 18 heavy (non-hydrogen) atoms. The van der Waals surface area contributed by atoms with E-state index in [1.165, 1.54) is 10.5 Å². The van der Waals surface area contributed by atoms with Crippen molar-refractivity contribution in [2.75, 3.05) is 5.75 Å². The maximum absolute atomic E-state index is 9.81. The molecule has 0 fully saturated rings. The summed E-state index contributed by atoms with van der Waals surface area (Å²) >= 11 is 1.64. The molecule has 0 aliphatic rings. The van der Waals surface area contributed by atoms with Gasteiger partial charge in [0.25, 0.3) is 0 Å². The summed E-state index contributed by atoms with van der Waals surface area (Å²) in [6.07, 6.45) is 4.69. The van der Waals surface area contributed by atoms with Gasteiger partial charge in [0.15, 0.2) is 0 Å².